The lowest BCUT2D eigenvalue weighted by Gasteiger charge is -2.43. The minimum Gasteiger partial charge on any atom is -0.378 e. The Morgan fingerprint density at radius 2 is 1.70 bits per heavy atom. The van der Waals surface area contributed by atoms with Crippen molar-refractivity contribution in [2.75, 3.05) is 10.6 Å². The summed E-state index contributed by atoms with van der Waals surface area (Å²) in [5.74, 6) is 2.38. The van der Waals surface area contributed by atoms with E-state index in [1.165, 1.54) is 37.3 Å². The maximum Gasteiger partial charge on any atom is 0.255 e. The number of hydrogen-bond acceptors (Lipinski definition) is 3. The number of hydrogen-bond donors (Lipinski definition) is 2. The van der Waals surface area contributed by atoms with Gasteiger partial charge in [-0.15, -0.1) is 0 Å². The number of carbonyl (C=O) groups is 2. The lowest BCUT2D eigenvalue weighted by Crippen LogP contribution is -2.35. The molecule has 5 atom stereocenters. The first-order valence-corrected chi connectivity index (χ1v) is 12.0. The Kier molecular flexibility index (Phi) is 4.83. The van der Waals surface area contributed by atoms with Gasteiger partial charge in [-0.2, -0.15) is 0 Å². The predicted octanol–water partition coefficient (Wildman–Crippen LogP) is 6.44. The molecule has 2 fully saturated rings. The van der Waals surface area contributed by atoms with Crippen molar-refractivity contribution in [3.05, 3.63) is 95.1 Å². The van der Waals surface area contributed by atoms with Gasteiger partial charge >= 0.3 is 0 Å². The first-order valence-electron chi connectivity index (χ1n) is 12.0. The second-order valence-electron chi connectivity index (χ2n) is 9.86. The highest BCUT2D eigenvalue weighted by molar-refractivity contribution is 6.05. The molecule has 0 spiro atoms. The molecule has 4 nitrogen and oxygen atoms in total. The Labute approximate surface area is 194 Å². The van der Waals surface area contributed by atoms with Gasteiger partial charge in [0.1, 0.15) is 0 Å². The third kappa shape index (κ3) is 3.45. The summed E-state index contributed by atoms with van der Waals surface area (Å²) in [7, 11) is 0. The summed E-state index contributed by atoms with van der Waals surface area (Å²) in [4.78, 5) is 24.8. The summed E-state index contributed by atoms with van der Waals surface area (Å²) in [6.45, 7) is 1.53. The molecule has 3 aromatic rings. The molecule has 3 aromatic carbocycles. The highest BCUT2D eigenvalue weighted by Crippen LogP contribution is 2.63. The van der Waals surface area contributed by atoms with E-state index in [1.54, 1.807) is 18.2 Å². The molecule has 6 rings (SSSR count). The van der Waals surface area contributed by atoms with Gasteiger partial charge in [0, 0.05) is 22.5 Å². The fourth-order valence-corrected chi connectivity index (χ4v) is 6.64. The van der Waals surface area contributed by atoms with Gasteiger partial charge in [-0.1, -0.05) is 42.5 Å². The summed E-state index contributed by atoms with van der Waals surface area (Å²) >= 11 is 0. The number of carbonyl (C=O) groups excluding carboxylic acids is 2. The number of nitrogens with one attached hydrogen (secondary N) is 2. The van der Waals surface area contributed by atoms with Gasteiger partial charge in [0.05, 0.1) is 6.04 Å². The molecule has 1 amide bonds. The van der Waals surface area contributed by atoms with Crippen molar-refractivity contribution in [1.82, 2.24) is 0 Å². The molecule has 166 valence electrons. The summed E-state index contributed by atoms with van der Waals surface area (Å²) in [6, 6.07) is 24.3. The number of rotatable bonds is 4. The van der Waals surface area contributed by atoms with Crippen LogP contribution in [0.1, 0.15) is 70.0 Å². The second-order valence-corrected chi connectivity index (χ2v) is 9.86. The van der Waals surface area contributed by atoms with Crippen molar-refractivity contribution < 1.29 is 9.59 Å². The van der Waals surface area contributed by atoms with E-state index in [9.17, 15) is 9.59 Å². The monoisotopic (exact) mass is 436 g/mol. The highest BCUT2D eigenvalue weighted by Gasteiger charge is 2.53. The van der Waals surface area contributed by atoms with Crippen molar-refractivity contribution in [3.63, 3.8) is 0 Å². The lowest BCUT2D eigenvalue weighted by atomic mass is 9.68. The predicted molar refractivity (Wildman–Crippen MR) is 131 cm³/mol. The van der Waals surface area contributed by atoms with Gasteiger partial charge in [0.25, 0.3) is 5.91 Å². The van der Waals surface area contributed by atoms with E-state index in [0.29, 0.717) is 40.6 Å². The van der Waals surface area contributed by atoms with E-state index in [-0.39, 0.29) is 11.7 Å². The van der Waals surface area contributed by atoms with Crippen LogP contribution < -0.4 is 10.6 Å². The molecule has 4 heteroatoms. The fourth-order valence-electron chi connectivity index (χ4n) is 6.64. The number of benzene rings is 3. The van der Waals surface area contributed by atoms with Crippen LogP contribution in [0.3, 0.4) is 0 Å². The second kappa shape index (κ2) is 7.87. The van der Waals surface area contributed by atoms with Gasteiger partial charge in [0.2, 0.25) is 0 Å². The maximum atomic E-state index is 13.1. The fraction of sp³-hybridized carbons (Fsp3) is 0.310. The summed E-state index contributed by atoms with van der Waals surface area (Å²) in [5, 5.41) is 6.81. The maximum absolute atomic E-state index is 13.1. The lowest BCUT2D eigenvalue weighted by molar-refractivity contribution is 0.101. The largest absolute Gasteiger partial charge is 0.378 e. The molecule has 2 N–H and O–H groups in total. The third-order valence-electron chi connectivity index (χ3n) is 8.04. The summed E-state index contributed by atoms with van der Waals surface area (Å²) < 4.78 is 0. The van der Waals surface area contributed by atoms with Crippen LogP contribution in [-0.4, -0.2) is 11.7 Å². The Bertz CT molecular complexity index is 1240. The molecule has 2 saturated carbocycles. The first kappa shape index (κ1) is 20.2. The average Bonchev–Trinajstić information content (AvgIpc) is 3.47. The van der Waals surface area contributed by atoms with Crippen LogP contribution in [0.4, 0.5) is 11.4 Å². The van der Waals surface area contributed by atoms with E-state index >= 15 is 0 Å². The van der Waals surface area contributed by atoms with E-state index in [1.807, 2.05) is 12.1 Å². The zero-order valence-electron chi connectivity index (χ0n) is 18.8. The molecule has 1 heterocycles. The molecule has 1 aliphatic heterocycles. The van der Waals surface area contributed by atoms with Crippen LogP contribution >= 0.6 is 0 Å². The average molecular weight is 437 g/mol. The smallest absolute Gasteiger partial charge is 0.255 e. The zero-order valence-corrected chi connectivity index (χ0v) is 18.8. The number of anilines is 2. The number of amides is 1. The van der Waals surface area contributed by atoms with Crippen LogP contribution in [0.15, 0.2) is 72.8 Å². The van der Waals surface area contributed by atoms with Crippen LogP contribution in [0, 0.1) is 17.8 Å². The van der Waals surface area contributed by atoms with Crippen molar-refractivity contribution in [3.8, 4) is 0 Å². The van der Waals surface area contributed by atoms with Gasteiger partial charge in [-0.25, -0.2) is 0 Å². The normalized spacial score (nSPS) is 26.8. The van der Waals surface area contributed by atoms with Gasteiger partial charge < -0.3 is 10.6 Å². The molecule has 0 saturated heterocycles. The third-order valence-corrected chi connectivity index (χ3v) is 8.04. The zero-order chi connectivity index (χ0) is 22.5. The Morgan fingerprint density at radius 1 is 0.879 bits per heavy atom. The number of Topliss-reactive ketones (excluding diaryl/α,β-unsaturated/α-hetero) is 1. The van der Waals surface area contributed by atoms with E-state index in [0.717, 1.165) is 11.6 Å². The SMILES string of the molecule is CC(=O)c1cccc(NC(=O)c2ccc3c(c2)[C@@H]2[C@H]4CC[C@@H](C4)[C@@H]2[C@H](c2ccccc2)N3)c1. The quantitative estimate of drug-likeness (QED) is 0.463. The molecular formula is C29H28N2O2. The van der Waals surface area contributed by atoms with Crippen molar-refractivity contribution >= 4 is 23.1 Å². The van der Waals surface area contributed by atoms with Crippen molar-refractivity contribution in [2.24, 2.45) is 17.8 Å². The van der Waals surface area contributed by atoms with Gasteiger partial charge in [0.15, 0.2) is 5.78 Å². The van der Waals surface area contributed by atoms with Gasteiger partial charge in [-0.05, 0) is 91.3 Å². The van der Waals surface area contributed by atoms with Crippen molar-refractivity contribution in [1.29, 1.82) is 0 Å². The molecule has 3 aliphatic rings. The highest BCUT2D eigenvalue weighted by atomic mass is 16.1. The number of ketones is 1. The molecule has 2 bridgehead atoms. The van der Waals surface area contributed by atoms with Crippen LogP contribution in [0.2, 0.25) is 0 Å². The van der Waals surface area contributed by atoms with Crippen LogP contribution in [0.5, 0.6) is 0 Å². The van der Waals surface area contributed by atoms with Crippen LogP contribution in [-0.2, 0) is 0 Å². The van der Waals surface area contributed by atoms with Crippen molar-refractivity contribution in [2.45, 2.75) is 38.1 Å². The Balaban J connectivity index is 1.33. The molecule has 33 heavy (non-hydrogen) atoms. The first-order chi connectivity index (χ1) is 16.1. The molecular weight excluding hydrogens is 408 g/mol. The molecule has 2 aliphatic carbocycles. The molecule has 0 unspecified atom stereocenters. The summed E-state index contributed by atoms with van der Waals surface area (Å²) in [5.41, 5.74) is 5.73. The Hall–Kier alpha value is -3.40. The summed E-state index contributed by atoms with van der Waals surface area (Å²) in [6.07, 6.45) is 3.91. The Morgan fingerprint density at radius 3 is 2.52 bits per heavy atom. The van der Waals surface area contributed by atoms with E-state index < -0.39 is 0 Å². The van der Waals surface area contributed by atoms with E-state index in [4.69, 9.17) is 0 Å². The minimum atomic E-state index is -0.136. The topological polar surface area (TPSA) is 58.2 Å². The minimum absolute atomic E-state index is 0.0127. The van der Waals surface area contributed by atoms with E-state index in [2.05, 4.69) is 53.1 Å². The number of fused-ring (bicyclic) bond motifs is 7. The molecule has 0 aromatic heterocycles. The van der Waals surface area contributed by atoms with Crippen LogP contribution in [0.25, 0.3) is 0 Å². The molecule has 0 radical (unpaired) electrons. The van der Waals surface area contributed by atoms with Gasteiger partial charge in [-0.3, -0.25) is 9.59 Å². The standard InChI is InChI=1S/C29H28N2O2/c1-17(32)19-8-5-9-23(15-19)30-29(33)22-12-13-25-24(16-22)26-20-10-11-21(14-20)27(26)28(31-25)18-6-3-2-4-7-18/h2-9,12-13,15-16,20-21,26-28,31H,10-11,14H2,1H3,(H,30,33)/t20-,21-,26-,27-,28-/m0/s1.